The number of hydrogen-bond donors (Lipinski definition) is 0. The van der Waals surface area contributed by atoms with E-state index in [1.54, 1.807) is 6.92 Å². The van der Waals surface area contributed by atoms with Crippen LogP contribution in [0.15, 0.2) is 66.7 Å². The number of fused-ring (bicyclic) bond motifs is 3. The fourth-order valence-electron chi connectivity index (χ4n) is 3.13. The van der Waals surface area contributed by atoms with Crippen LogP contribution in [0.25, 0.3) is 21.5 Å². The average molecular weight is 362 g/mol. The predicted octanol–water partition coefficient (Wildman–Crippen LogP) is 6.05. The van der Waals surface area contributed by atoms with E-state index in [2.05, 4.69) is 43.0 Å². The Morgan fingerprint density at radius 1 is 1.04 bits per heavy atom. The van der Waals surface area contributed by atoms with E-state index in [1.165, 1.54) is 10.8 Å². The third kappa shape index (κ3) is 4.13. The Labute approximate surface area is 160 Å². The minimum Gasteiger partial charge on any atom is -0.493 e. The molecule has 1 atom stereocenters. The van der Waals surface area contributed by atoms with E-state index in [4.69, 9.17) is 9.47 Å². The highest BCUT2D eigenvalue weighted by molar-refractivity contribution is 6.10. The summed E-state index contributed by atoms with van der Waals surface area (Å²) in [6.45, 7) is 9.74. The van der Waals surface area contributed by atoms with Crippen molar-refractivity contribution in [2.75, 3.05) is 6.61 Å². The van der Waals surface area contributed by atoms with Crippen molar-refractivity contribution in [3.63, 3.8) is 0 Å². The molecule has 0 heterocycles. The minimum atomic E-state index is -0.567. The molecule has 3 aromatic carbocycles. The fraction of sp³-hybridized carbons (Fsp3) is 0.292. The molecule has 0 bridgehead atoms. The third-order valence-electron chi connectivity index (χ3n) is 5.05. The number of esters is 1. The summed E-state index contributed by atoms with van der Waals surface area (Å²) in [7, 11) is 0. The maximum Gasteiger partial charge on any atom is 0.333 e. The van der Waals surface area contributed by atoms with Crippen molar-refractivity contribution in [3.8, 4) is 5.75 Å². The first-order valence-corrected chi connectivity index (χ1v) is 9.35. The fourth-order valence-corrected chi connectivity index (χ4v) is 3.13. The van der Waals surface area contributed by atoms with Crippen LogP contribution >= 0.6 is 0 Å². The first kappa shape index (κ1) is 19.0. The Hall–Kier alpha value is -2.81. The summed E-state index contributed by atoms with van der Waals surface area (Å²) in [5.74, 6) is 0.504. The van der Waals surface area contributed by atoms with Crippen LogP contribution in [0, 0.1) is 0 Å². The van der Waals surface area contributed by atoms with E-state index < -0.39 is 5.60 Å². The van der Waals surface area contributed by atoms with E-state index in [9.17, 15) is 4.79 Å². The number of rotatable bonds is 7. The number of benzene rings is 3. The van der Waals surface area contributed by atoms with E-state index in [0.29, 0.717) is 25.0 Å². The Kier molecular flexibility index (Phi) is 5.50. The third-order valence-corrected chi connectivity index (χ3v) is 5.05. The molecule has 3 nitrogen and oxygen atoms in total. The van der Waals surface area contributed by atoms with Crippen molar-refractivity contribution >= 4 is 27.5 Å². The molecule has 0 aliphatic carbocycles. The SMILES string of the molecule is C=C(C)C(=O)OC(C)(CC)CCOc1cc2ccccc2c2ccccc12. The van der Waals surface area contributed by atoms with E-state index in [-0.39, 0.29) is 5.97 Å². The van der Waals surface area contributed by atoms with Crippen LogP contribution in [0.3, 0.4) is 0 Å². The van der Waals surface area contributed by atoms with Gasteiger partial charge in [0.15, 0.2) is 0 Å². The molecule has 27 heavy (non-hydrogen) atoms. The molecule has 3 rings (SSSR count). The highest BCUT2D eigenvalue weighted by Gasteiger charge is 2.27. The lowest BCUT2D eigenvalue weighted by molar-refractivity contribution is -0.154. The van der Waals surface area contributed by atoms with Crippen LogP contribution in [-0.4, -0.2) is 18.2 Å². The lowest BCUT2D eigenvalue weighted by Gasteiger charge is -2.28. The average Bonchev–Trinajstić information content (AvgIpc) is 2.68. The summed E-state index contributed by atoms with van der Waals surface area (Å²) in [5.41, 5.74) is -0.154. The molecule has 3 aromatic rings. The molecule has 1 unspecified atom stereocenters. The molecular formula is C24H26O3. The van der Waals surface area contributed by atoms with Gasteiger partial charge in [0.1, 0.15) is 11.4 Å². The summed E-state index contributed by atoms with van der Waals surface area (Å²) in [4.78, 5) is 11.9. The van der Waals surface area contributed by atoms with Crippen molar-refractivity contribution < 1.29 is 14.3 Å². The molecule has 0 radical (unpaired) electrons. The smallest absolute Gasteiger partial charge is 0.333 e. The molecule has 140 valence electrons. The van der Waals surface area contributed by atoms with Crippen LogP contribution in [-0.2, 0) is 9.53 Å². The van der Waals surface area contributed by atoms with Crippen molar-refractivity contribution in [1.82, 2.24) is 0 Å². The molecule has 0 aliphatic heterocycles. The van der Waals surface area contributed by atoms with Gasteiger partial charge in [-0.25, -0.2) is 4.79 Å². The van der Waals surface area contributed by atoms with Gasteiger partial charge in [-0.3, -0.25) is 0 Å². The van der Waals surface area contributed by atoms with Crippen LogP contribution in [0.2, 0.25) is 0 Å². The maximum absolute atomic E-state index is 11.9. The molecule has 0 fully saturated rings. The standard InChI is InChI=1S/C24H26O3/c1-5-24(4,27-23(25)17(2)3)14-15-26-22-16-18-10-6-7-11-19(18)20-12-8-9-13-21(20)22/h6-13,16H,2,5,14-15H2,1,3-4H3. The van der Waals surface area contributed by atoms with Crippen molar-refractivity contribution in [3.05, 3.63) is 66.7 Å². The first-order chi connectivity index (χ1) is 12.9. The Morgan fingerprint density at radius 3 is 2.33 bits per heavy atom. The zero-order valence-electron chi connectivity index (χ0n) is 16.2. The summed E-state index contributed by atoms with van der Waals surface area (Å²) in [5, 5.41) is 4.64. The van der Waals surface area contributed by atoms with Crippen molar-refractivity contribution in [2.24, 2.45) is 0 Å². The van der Waals surface area contributed by atoms with Gasteiger partial charge >= 0.3 is 5.97 Å². The van der Waals surface area contributed by atoms with Gasteiger partial charge in [0.2, 0.25) is 0 Å². The van der Waals surface area contributed by atoms with Gasteiger partial charge < -0.3 is 9.47 Å². The van der Waals surface area contributed by atoms with E-state index in [0.717, 1.165) is 16.5 Å². The van der Waals surface area contributed by atoms with Gasteiger partial charge in [0, 0.05) is 17.4 Å². The van der Waals surface area contributed by atoms with Crippen molar-refractivity contribution in [1.29, 1.82) is 0 Å². The van der Waals surface area contributed by atoms with Gasteiger partial charge in [0.25, 0.3) is 0 Å². The van der Waals surface area contributed by atoms with Crippen LogP contribution in [0.1, 0.15) is 33.6 Å². The number of ether oxygens (including phenoxy) is 2. The Bertz CT molecular complexity index is 989. The zero-order valence-corrected chi connectivity index (χ0v) is 16.2. The lowest BCUT2D eigenvalue weighted by atomic mass is 9.99. The number of carbonyl (C=O) groups is 1. The Balaban J connectivity index is 1.82. The van der Waals surface area contributed by atoms with Crippen LogP contribution in [0.4, 0.5) is 0 Å². The van der Waals surface area contributed by atoms with Gasteiger partial charge in [-0.15, -0.1) is 0 Å². The molecule has 0 saturated carbocycles. The Morgan fingerprint density at radius 2 is 1.67 bits per heavy atom. The van der Waals surface area contributed by atoms with Gasteiger partial charge in [-0.1, -0.05) is 62.0 Å². The normalized spacial score (nSPS) is 13.3. The lowest BCUT2D eigenvalue weighted by Crippen LogP contribution is -2.33. The molecule has 0 aliphatic rings. The highest BCUT2D eigenvalue weighted by atomic mass is 16.6. The second-order valence-electron chi connectivity index (χ2n) is 7.21. The molecule has 0 aromatic heterocycles. The second-order valence-corrected chi connectivity index (χ2v) is 7.21. The monoisotopic (exact) mass is 362 g/mol. The second kappa shape index (κ2) is 7.83. The molecule has 3 heteroatoms. The molecule has 0 amide bonds. The topological polar surface area (TPSA) is 35.5 Å². The quantitative estimate of drug-likeness (QED) is 0.291. The molecule has 0 saturated heterocycles. The highest BCUT2D eigenvalue weighted by Crippen LogP contribution is 2.34. The first-order valence-electron chi connectivity index (χ1n) is 9.35. The zero-order chi connectivity index (χ0) is 19.4. The van der Waals surface area contributed by atoms with Gasteiger partial charge in [0.05, 0.1) is 6.61 Å². The summed E-state index contributed by atoms with van der Waals surface area (Å²) in [6, 6.07) is 18.7. The minimum absolute atomic E-state index is 0.351. The predicted molar refractivity (Wildman–Crippen MR) is 111 cm³/mol. The van der Waals surface area contributed by atoms with E-state index in [1.807, 2.05) is 32.0 Å². The largest absolute Gasteiger partial charge is 0.493 e. The van der Waals surface area contributed by atoms with E-state index >= 15 is 0 Å². The van der Waals surface area contributed by atoms with Gasteiger partial charge in [-0.05, 0) is 42.5 Å². The number of hydrogen-bond acceptors (Lipinski definition) is 3. The van der Waals surface area contributed by atoms with Gasteiger partial charge in [-0.2, -0.15) is 0 Å². The van der Waals surface area contributed by atoms with Crippen LogP contribution < -0.4 is 4.74 Å². The summed E-state index contributed by atoms with van der Waals surface area (Å²) in [6.07, 6.45) is 1.33. The molecule has 0 N–H and O–H groups in total. The van der Waals surface area contributed by atoms with Crippen LogP contribution in [0.5, 0.6) is 5.75 Å². The van der Waals surface area contributed by atoms with Crippen molar-refractivity contribution in [2.45, 2.75) is 39.2 Å². The summed E-state index contributed by atoms with van der Waals surface area (Å²) >= 11 is 0. The summed E-state index contributed by atoms with van der Waals surface area (Å²) < 4.78 is 11.8. The maximum atomic E-state index is 11.9. The molecule has 0 spiro atoms. The molecular weight excluding hydrogens is 336 g/mol. The number of carbonyl (C=O) groups excluding carboxylic acids is 1.